The molecule has 0 saturated heterocycles. The van der Waals surface area contributed by atoms with Gasteiger partial charge in [0.2, 0.25) is 0 Å². The van der Waals surface area contributed by atoms with E-state index in [1.807, 2.05) is 66.7 Å². The van der Waals surface area contributed by atoms with Crippen LogP contribution < -0.4 is 10.1 Å². The molecule has 1 heterocycles. The summed E-state index contributed by atoms with van der Waals surface area (Å²) >= 11 is 1.49. The molecule has 0 bridgehead atoms. The predicted octanol–water partition coefficient (Wildman–Crippen LogP) is 4.82. The number of aliphatic hydroxyl groups excluding tert-OH is 1. The first-order valence-corrected chi connectivity index (χ1v) is 10.5. The maximum atomic E-state index is 12.1. The van der Waals surface area contributed by atoms with Crippen LogP contribution >= 0.6 is 11.3 Å². The van der Waals surface area contributed by atoms with E-state index in [9.17, 15) is 9.90 Å². The molecule has 3 rings (SSSR count). The third-order valence-corrected chi connectivity index (χ3v) is 5.75. The zero-order valence-electron chi connectivity index (χ0n) is 17.0. The van der Waals surface area contributed by atoms with Crippen LogP contribution in [-0.4, -0.2) is 17.6 Å². The third-order valence-electron chi connectivity index (χ3n) is 4.62. The van der Waals surface area contributed by atoms with Gasteiger partial charge in [0.15, 0.2) is 6.61 Å². The Kier molecular flexibility index (Phi) is 6.72. The second-order valence-electron chi connectivity index (χ2n) is 7.96. The molecule has 0 spiro atoms. The Hall–Kier alpha value is -2.63. The highest BCUT2D eigenvalue weighted by Crippen LogP contribution is 2.28. The lowest BCUT2D eigenvalue weighted by Crippen LogP contribution is -2.28. The van der Waals surface area contributed by atoms with Gasteiger partial charge in [0.25, 0.3) is 5.91 Å². The molecule has 0 aliphatic carbocycles. The van der Waals surface area contributed by atoms with Crippen molar-refractivity contribution in [1.29, 1.82) is 0 Å². The van der Waals surface area contributed by atoms with Crippen molar-refractivity contribution in [2.24, 2.45) is 0 Å². The Labute approximate surface area is 176 Å². The SMILES string of the molecule is CC(C)(C)c1ccc(OCC(=O)NCc2ccc(C(O)c3ccccc3)s2)cc1. The lowest BCUT2D eigenvalue weighted by atomic mass is 9.87. The molecule has 0 radical (unpaired) electrons. The largest absolute Gasteiger partial charge is 0.484 e. The van der Waals surface area contributed by atoms with Crippen molar-refractivity contribution in [2.75, 3.05) is 6.61 Å². The normalized spacial score (nSPS) is 12.4. The smallest absolute Gasteiger partial charge is 0.258 e. The average molecular weight is 410 g/mol. The lowest BCUT2D eigenvalue weighted by Gasteiger charge is -2.19. The summed E-state index contributed by atoms with van der Waals surface area (Å²) in [6, 6.07) is 21.2. The fraction of sp³-hybridized carbons (Fsp3) is 0.292. The molecule has 1 amide bonds. The van der Waals surface area contributed by atoms with Crippen molar-refractivity contribution in [2.45, 2.75) is 38.8 Å². The Morgan fingerprint density at radius 3 is 2.38 bits per heavy atom. The molecule has 0 aliphatic rings. The number of amides is 1. The third kappa shape index (κ3) is 5.92. The average Bonchev–Trinajstić information content (AvgIpc) is 3.19. The van der Waals surface area contributed by atoms with Gasteiger partial charge < -0.3 is 15.2 Å². The van der Waals surface area contributed by atoms with Crippen LogP contribution in [0.2, 0.25) is 0 Å². The van der Waals surface area contributed by atoms with Gasteiger partial charge in [0, 0.05) is 9.75 Å². The highest BCUT2D eigenvalue weighted by Gasteiger charge is 2.14. The van der Waals surface area contributed by atoms with Gasteiger partial charge in [-0.15, -0.1) is 11.3 Å². The van der Waals surface area contributed by atoms with Crippen molar-refractivity contribution < 1.29 is 14.6 Å². The molecule has 0 aliphatic heterocycles. The molecule has 1 atom stereocenters. The zero-order valence-corrected chi connectivity index (χ0v) is 17.8. The van der Waals surface area contributed by atoms with E-state index in [4.69, 9.17) is 4.74 Å². The van der Waals surface area contributed by atoms with Crippen LogP contribution in [0.1, 0.15) is 47.8 Å². The fourth-order valence-corrected chi connectivity index (χ4v) is 3.84. The predicted molar refractivity (Wildman–Crippen MR) is 117 cm³/mol. The Balaban J connectivity index is 1.47. The standard InChI is InChI=1S/C24H27NO3S/c1-24(2,3)18-9-11-19(12-10-18)28-16-22(26)25-15-20-13-14-21(29-20)23(27)17-7-5-4-6-8-17/h4-14,23,27H,15-16H2,1-3H3,(H,25,26). The molecular weight excluding hydrogens is 382 g/mol. The molecule has 4 nitrogen and oxygen atoms in total. The summed E-state index contributed by atoms with van der Waals surface area (Å²) in [6.45, 7) is 6.86. The molecule has 5 heteroatoms. The molecular formula is C24H27NO3S. The van der Waals surface area contributed by atoms with Gasteiger partial charge in [0.05, 0.1) is 6.54 Å². The molecule has 152 valence electrons. The van der Waals surface area contributed by atoms with Crippen LogP contribution in [0.15, 0.2) is 66.7 Å². The van der Waals surface area contributed by atoms with E-state index >= 15 is 0 Å². The molecule has 29 heavy (non-hydrogen) atoms. The number of hydrogen-bond acceptors (Lipinski definition) is 4. The van der Waals surface area contributed by atoms with Crippen LogP contribution in [0.4, 0.5) is 0 Å². The molecule has 2 N–H and O–H groups in total. The monoisotopic (exact) mass is 409 g/mol. The van der Waals surface area contributed by atoms with Crippen LogP contribution in [-0.2, 0) is 16.8 Å². The number of hydrogen-bond donors (Lipinski definition) is 2. The van der Waals surface area contributed by atoms with Crippen LogP contribution in [0.5, 0.6) is 5.75 Å². The molecule has 1 aromatic heterocycles. The first kappa shape index (κ1) is 21.1. The van der Waals surface area contributed by atoms with Gasteiger partial charge in [-0.05, 0) is 40.8 Å². The summed E-state index contributed by atoms with van der Waals surface area (Å²) in [5, 5.41) is 13.3. The van der Waals surface area contributed by atoms with E-state index in [-0.39, 0.29) is 17.9 Å². The minimum absolute atomic E-state index is 0.0280. The Morgan fingerprint density at radius 1 is 1.03 bits per heavy atom. The van der Waals surface area contributed by atoms with E-state index in [1.165, 1.54) is 16.9 Å². The maximum absolute atomic E-state index is 12.1. The summed E-state index contributed by atoms with van der Waals surface area (Å²) in [7, 11) is 0. The van der Waals surface area contributed by atoms with E-state index < -0.39 is 6.10 Å². The highest BCUT2D eigenvalue weighted by atomic mass is 32.1. The van der Waals surface area contributed by atoms with Crippen LogP contribution in [0.25, 0.3) is 0 Å². The van der Waals surface area contributed by atoms with Gasteiger partial charge in [-0.1, -0.05) is 63.2 Å². The zero-order chi connectivity index (χ0) is 20.9. The quantitative estimate of drug-likeness (QED) is 0.588. The molecule has 1 unspecified atom stereocenters. The van der Waals surface area contributed by atoms with Crippen molar-refractivity contribution in [1.82, 2.24) is 5.32 Å². The Morgan fingerprint density at radius 2 is 1.72 bits per heavy atom. The number of aliphatic hydroxyl groups is 1. The number of rotatable bonds is 7. The van der Waals surface area contributed by atoms with E-state index in [1.54, 1.807) is 0 Å². The van der Waals surface area contributed by atoms with Crippen molar-refractivity contribution >= 4 is 17.2 Å². The number of carbonyl (C=O) groups excluding carboxylic acids is 1. The number of thiophene rings is 1. The summed E-state index contributed by atoms with van der Waals surface area (Å²) < 4.78 is 5.58. The van der Waals surface area contributed by atoms with Gasteiger partial charge in [0.1, 0.15) is 11.9 Å². The minimum atomic E-state index is -0.648. The van der Waals surface area contributed by atoms with Gasteiger partial charge >= 0.3 is 0 Å². The lowest BCUT2D eigenvalue weighted by molar-refractivity contribution is -0.123. The topological polar surface area (TPSA) is 58.6 Å². The fourth-order valence-electron chi connectivity index (χ4n) is 2.87. The minimum Gasteiger partial charge on any atom is -0.484 e. The molecule has 0 saturated carbocycles. The first-order chi connectivity index (χ1) is 13.8. The second kappa shape index (κ2) is 9.25. The van der Waals surface area contributed by atoms with Gasteiger partial charge in [-0.3, -0.25) is 4.79 Å². The molecule has 0 fully saturated rings. The van der Waals surface area contributed by atoms with E-state index in [0.29, 0.717) is 12.3 Å². The second-order valence-corrected chi connectivity index (χ2v) is 9.16. The highest BCUT2D eigenvalue weighted by molar-refractivity contribution is 7.12. The van der Waals surface area contributed by atoms with E-state index in [0.717, 1.165) is 15.3 Å². The number of ether oxygens (including phenoxy) is 1. The van der Waals surface area contributed by atoms with Crippen molar-refractivity contribution in [3.8, 4) is 5.75 Å². The van der Waals surface area contributed by atoms with E-state index in [2.05, 4.69) is 26.1 Å². The summed E-state index contributed by atoms with van der Waals surface area (Å²) in [4.78, 5) is 13.9. The first-order valence-electron chi connectivity index (χ1n) is 9.64. The number of carbonyl (C=O) groups is 1. The van der Waals surface area contributed by atoms with Crippen molar-refractivity contribution in [3.63, 3.8) is 0 Å². The number of benzene rings is 2. The van der Waals surface area contributed by atoms with Crippen LogP contribution in [0.3, 0.4) is 0 Å². The molecule has 2 aromatic carbocycles. The summed E-state index contributed by atoms with van der Waals surface area (Å²) in [5.74, 6) is 0.501. The molecule has 3 aromatic rings. The summed E-state index contributed by atoms with van der Waals surface area (Å²) in [6.07, 6.45) is -0.648. The maximum Gasteiger partial charge on any atom is 0.258 e. The Bertz CT molecular complexity index is 927. The number of nitrogens with one attached hydrogen (secondary N) is 1. The van der Waals surface area contributed by atoms with Gasteiger partial charge in [-0.25, -0.2) is 0 Å². The van der Waals surface area contributed by atoms with Gasteiger partial charge in [-0.2, -0.15) is 0 Å². The van der Waals surface area contributed by atoms with Crippen molar-refractivity contribution in [3.05, 3.63) is 87.6 Å². The van der Waals surface area contributed by atoms with Crippen LogP contribution in [0, 0.1) is 0 Å². The summed E-state index contributed by atoms with van der Waals surface area (Å²) in [5.41, 5.74) is 2.17.